The number of methoxy groups -OCH3 is 1. The first-order chi connectivity index (χ1) is 27.6. The van der Waals surface area contributed by atoms with Crippen molar-refractivity contribution in [2.24, 2.45) is 11.8 Å². The monoisotopic (exact) mass is 822 g/mol. The minimum atomic E-state index is -4.53. The van der Waals surface area contributed by atoms with Gasteiger partial charge in [-0.05, 0) is 86.9 Å². The zero-order valence-electron chi connectivity index (χ0n) is 32.0. The van der Waals surface area contributed by atoms with Gasteiger partial charge in [-0.2, -0.15) is 13.2 Å². The van der Waals surface area contributed by atoms with Crippen molar-refractivity contribution in [3.63, 3.8) is 0 Å². The van der Waals surface area contributed by atoms with Crippen LogP contribution in [0.4, 0.5) is 13.2 Å². The van der Waals surface area contributed by atoms with Crippen LogP contribution >= 0.6 is 0 Å². The first kappa shape index (κ1) is 46.9. The van der Waals surface area contributed by atoms with E-state index in [4.69, 9.17) is 18.9 Å². The van der Waals surface area contributed by atoms with Crippen LogP contribution in [0.2, 0.25) is 0 Å². The van der Waals surface area contributed by atoms with Gasteiger partial charge in [0, 0.05) is 24.8 Å². The Morgan fingerprint density at radius 3 is 2.52 bits per heavy atom. The lowest BCUT2D eigenvalue weighted by Crippen LogP contribution is -2.40. The molecule has 58 heavy (non-hydrogen) atoms. The van der Waals surface area contributed by atoms with Crippen LogP contribution in [0.15, 0.2) is 72.8 Å². The Balaban J connectivity index is 1.37. The van der Waals surface area contributed by atoms with Crippen molar-refractivity contribution in [1.29, 1.82) is 0 Å². The molecule has 2 aromatic carbocycles. The van der Waals surface area contributed by atoms with E-state index in [0.717, 1.165) is 12.1 Å². The van der Waals surface area contributed by atoms with Crippen LogP contribution in [-0.2, 0) is 30.1 Å². The van der Waals surface area contributed by atoms with E-state index in [0.29, 0.717) is 37.7 Å². The predicted octanol–water partition coefficient (Wildman–Crippen LogP) is 5.14. The summed E-state index contributed by atoms with van der Waals surface area (Å²) in [6, 6.07) is 7.88. The van der Waals surface area contributed by atoms with Gasteiger partial charge in [0.2, 0.25) is 5.91 Å². The molecule has 2 aromatic rings. The third-order valence-electron chi connectivity index (χ3n) is 8.92. The smallest absolute Gasteiger partial charge is 0.416 e. The van der Waals surface area contributed by atoms with Crippen LogP contribution < -0.4 is 19.5 Å². The third kappa shape index (κ3) is 16.6. The van der Waals surface area contributed by atoms with Gasteiger partial charge in [-0.3, -0.25) is 4.79 Å². The van der Waals surface area contributed by atoms with Crippen LogP contribution in [0.25, 0.3) is 6.08 Å². The van der Waals surface area contributed by atoms with Gasteiger partial charge in [-0.15, -0.1) is 10.1 Å². The molecule has 1 unspecified atom stereocenters. The van der Waals surface area contributed by atoms with E-state index in [1.165, 1.54) is 56.5 Å². The number of hydrogen-bond donors (Lipinski definition) is 4. The van der Waals surface area contributed by atoms with E-state index in [1.54, 1.807) is 12.1 Å². The molecule has 0 aromatic heterocycles. The maximum absolute atomic E-state index is 12.9. The summed E-state index contributed by atoms with van der Waals surface area (Å²) < 4.78 is 59.9. The highest BCUT2D eigenvalue weighted by Gasteiger charge is 2.39. The first-order valence-corrected chi connectivity index (χ1v) is 18.6. The molecular weight excluding hydrogens is 773 g/mol. The summed E-state index contributed by atoms with van der Waals surface area (Å²) in [5, 5.41) is 43.2. The number of nitrogens with zero attached hydrogens (tertiary/aromatic N) is 1. The zero-order valence-corrected chi connectivity index (χ0v) is 32.0. The number of hydrogen-bond acceptors (Lipinski definition) is 13. The molecule has 15 nitrogen and oxygen atoms in total. The second-order valence-electron chi connectivity index (χ2n) is 13.4. The van der Waals surface area contributed by atoms with E-state index in [2.05, 4.69) is 10.2 Å². The molecule has 318 valence electrons. The summed E-state index contributed by atoms with van der Waals surface area (Å²) in [5.74, 6) is -2.36. The van der Waals surface area contributed by atoms with E-state index < -0.39 is 59.0 Å². The van der Waals surface area contributed by atoms with Gasteiger partial charge in [0.1, 0.15) is 24.5 Å². The lowest BCUT2D eigenvalue weighted by atomic mass is 9.89. The lowest BCUT2D eigenvalue weighted by Gasteiger charge is -2.19. The molecule has 1 aliphatic carbocycles. The van der Waals surface area contributed by atoms with Gasteiger partial charge in [-0.1, -0.05) is 36.4 Å². The van der Waals surface area contributed by atoms with Crippen LogP contribution in [-0.4, -0.2) is 89.5 Å². The number of halogens is 3. The zero-order chi connectivity index (χ0) is 42.7. The summed E-state index contributed by atoms with van der Waals surface area (Å²) >= 11 is 0. The molecule has 18 heteroatoms. The average Bonchev–Trinajstić information content (AvgIpc) is 3.45. The van der Waals surface area contributed by atoms with Gasteiger partial charge in [-0.25, -0.2) is 9.59 Å². The topological polar surface area (TPSA) is 213 Å². The van der Waals surface area contributed by atoms with Crippen molar-refractivity contribution in [2.75, 3.05) is 26.9 Å². The SMILES string of the molecule is COc1cc(/C=C/C(=O)OCCCCO[N+](=O)[O-])ccc1OC(=O)C(C)NC(=O)CCC/C=C\C[C@@H]1[C@@H](/C=C/[C@@H](O)COc2cccc(C(F)(F)F)c2)[C@H](O)C[C@@H]1O. The molecule has 1 saturated carbocycles. The maximum Gasteiger partial charge on any atom is 0.416 e. The van der Waals surface area contributed by atoms with Crippen molar-refractivity contribution in [3.8, 4) is 17.2 Å². The second kappa shape index (κ2) is 23.7. The van der Waals surface area contributed by atoms with E-state index in [9.17, 15) is 53.0 Å². The molecular formula is C40H49F3N2O13. The van der Waals surface area contributed by atoms with Crippen LogP contribution in [0.1, 0.15) is 63.0 Å². The number of ether oxygens (including phenoxy) is 4. The van der Waals surface area contributed by atoms with Gasteiger partial charge in [0.05, 0.1) is 38.1 Å². The number of esters is 2. The molecule has 1 amide bonds. The maximum atomic E-state index is 12.9. The fourth-order valence-electron chi connectivity index (χ4n) is 5.88. The normalized spacial score (nSPS) is 19.2. The quantitative estimate of drug-likeness (QED) is 0.0218. The van der Waals surface area contributed by atoms with Gasteiger partial charge >= 0.3 is 18.1 Å². The summed E-state index contributed by atoms with van der Waals surface area (Å²) in [6.07, 6.45) is 4.26. The van der Waals surface area contributed by atoms with Crippen molar-refractivity contribution in [3.05, 3.63) is 94.1 Å². The third-order valence-corrected chi connectivity index (χ3v) is 8.92. The molecule has 6 atom stereocenters. The number of nitrogens with one attached hydrogen (secondary N) is 1. The van der Waals surface area contributed by atoms with Crippen LogP contribution in [0.3, 0.4) is 0 Å². The highest BCUT2D eigenvalue weighted by Crippen LogP contribution is 2.37. The molecule has 0 radical (unpaired) electrons. The van der Waals surface area contributed by atoms with E-state index >= 15 is 0 Å². The standard InChI is InChI=1S/C40H49F3N2O13/c1-26(39(51)58-35-18-14-27(22-36(35)54-2)15-19-38(50)55-20-7-8-21-57-45(52)53)44-37(49)13-6-4-3-5-12-31-32(34(48)24-33(31)47)17-16-29(46)25-56-30-11-9-10-28(23-30)40(41,42)43/h3,5,9-11,14-19,22-23,26,29,31-34,46-48H,4,6-8,12-13,20-21,24-25H2,1-2H3,(H,44,49)/b5-3-,17-16+,19-15+/t26?,29-,31-,32-,33+,34-/m1/s1. The van der Waals surface area contributed by atoms with Crippen molar-refractivity contribution in [2.45, 2.75) is 82.4 Å². The van der Waals surface area contributed by atoms with Crippen molar-refractivity contribution < 1.29 is 71.7 Å². The number of unbranched alkanes of at least 4 members (excludes halogenated alkanes) is 2. The Kier molecular flexibility index (Phi) is 19.2. The minimum Gasteiger partial charge on any atom is -0.493 e. The lowest BCUT2D eigenvalue weighted by molar-refractivity contribution is -0.757. The number of aliphatic hydroxyl groups is 3. The Morgan fingerprint density at radius 1 is 1.03 bits per heavy atom. The van der Waals surface area contributed by atoms with Crippen molar-refractivity contribution >= 4 is 23.9 Å². The molecule has 4 N–H and O–H groups in total. The second-order valence-corrected chi connectivity index (χ2v) is 13.4. The number of carbonyl (C=O) groups is 3. The molecule has 0 saturated heterocycles. The number of alkyl halides is 3. The fraction of sp³-hybridized carbons (Fsp3) is 0.475. The molecule has 0 spiro atoms. The van der Waals surface area contributed by atoms with Crippen LogP contribution in [0, 0.1) is 22.0 Å². The molecule has 3 rings (SSSR count). The summed E-state index contributed by atoms with van der Waals surface area (Å²) in [6.45, 7) is 1.12. The van der Waals surface area contributed by atoms with Gasteiger partial charge in [0.15, 0.2) is 11.5 Å². The number of rotatable bonds is 23. The fourth-order valence-corrected chi connectivity index (χ4v) is 5.88. The largest absolute Gasteiger partial charge is 0.493 e. The number of carbonyl (C=O) groups excluding carboxylic acids is 3. The van der Waals surface area contributed by atoms with Gasteiger partial charge < -0.3 is 44.4 Å². The first-order valence-electron chi connectivity index (χ1n) is 18.6. The highest BCUT2D eigenvalue weighted by molar-refractivity contribution is 5.87. The number of aliphatic hydroxyl groups excluding tert-OH is 3. The molecule has 0 heterocycles. The minimum absolute atomic E-state index is 0.0531. The predicted molar refractivity (Wildman–Crippen MR) is 202 cm³/mol. The number of allylic oxidation sites excluding steroid dienone is 2. The molecule has 1 aliphatic rings. The summed E-state index contributed by atoms with van der Waals surface area (Å²) in [4.78, 5) is 51.5. The Morgan fingerprint density at radius 2 is 1.79 bits per heavy atom. The molecule has 0 aliphatic heterocycles. The summed E-state index contributed by atoms with van der Waals surface area (Å²) in [7, 11) is 1.37. The average molecular weight is 823 g/mol. The Labute approximate surface area is 333 Å². The van der Waals surface area contributed by atoms with Crippen LogP contribution in [0.5, 0.6) is 17.2 Å². The molecule has 0 bridgehead atoms. The van der Waals surface area contributed by atoms with Crippen molar-refractivity contribution in [1.82, 2.24) is 5.32 Å². The van der Waals surface area contributed by atoms with E-state index in [-0.39, 0.29) is 61.7 Å². The van der Waals surface area contributed by atoms with Gasteiger partial charge in [0.25, 0.3) is 5.09 Å². The molecule has 1 fully saturated rings. The highest BCUT2D eigenvalue weighted by atomic mass is 19.4. The number of amides is 1. The Bertz CT molecular complexity index is 1750. The Hall–Kier alpha value is -5.46. The summed E-state index contributed by atoms with van der Waals surface area (Å²) in [5.41, 5.74) is -0.338. The number of benzene rings is 2. The van der Waals surface area contributed by atoms with E-state index in [1.807, 2.05) is 12.2 Å².